The molecular weight excluding hydrogens is 276 g/mol. The molecule has 0 radical (unpaired) electrons. The Bertz CT molecular complexity index is 709. The normalized spacial score (nSPS) is 11.3. The monoisotopic (exact) mass is 292 g/mol. The minimum absolute atomic E-state index is 0.0893. The second-order valence-corrected chi connectivity index (χ2v) is 6.30. The van der Waals surface area contributed by atoms with Crippen molar-refractivity contribution in [3.8, 4) is 0 Å². The maximum atomic E-state index is 12.1. The number of rotatable bonds is 4. The highest BCUT2D eigenvalue weighted by atomic mass is 32.2. The lowest BCUT2D eigenvalue weighted by molar-refractivity contribution is 0.600. The Kier molecular flexibility index (Phi) is 3.89. The van der Waals surface area contributed by atoms with E-state index in [9.17, 15) is 8.42 Å². The van der Waals surface area contributed by atoms with Gasteiger partial charge in [0, 0.05) is 17.1 Å². The van der Waals surface area contributed by atoms with Crippen molar-refractivity contribution in [3.05, 3.63) is 47.3 Å². The molecule has 0 fully saturated rings. The van der Waals surface area contributed by atoms with Gasteiger partial charge in [-0.2, -0.15) is 0 Å². The van der Waals surface area contributed by atoms with Crippen molar-refractivity contribution in [2.45, 2.75) is 19.6 Å². The summed E-state index contributed by atoms with van der Waals surface area (Å²) >= 11 is 0. The van der Waals surface area contributed by atoms with Gasteiger partial charge in [0.2, 0.25) is 16.0 Å². The van der Waals surface area contributed by atoms with E-state index in [0.29, 0.717) is 22.6 Å². The molecule has 0 aliphatic heterocycles. The Labute approximate surface area is 118 Å². The summed E-state index contributed by atoms with van der Waals surface area (Å²) in [5.74, 6) is -0.0830. The molecule has 0 saturated carbocycles. The van der Waals surface area contributed by atoms with Crippen LogP contribution in [0.15, 0.2) is 30.3 Å². The van der Waals surface area contributed by atoms with Crippen LogP contribution in [0.3, 0.4) is 0 Å². The van der Waals surface area contributed by atoms with Gasteiger partial charge in [0.1, 0.15) is 0 Å². The summed E-state index contributed by atoms with van der Waals surface area (Å²) in [5.41, 5.74) is 8.19. The highest BCUT2D eigenvalue weighted by molar-refractivity contribution is 7.91. The Morgan fingerprint density at radius 2 is 1.80 bits per heavy atom. The molecular formula is C13H16N4O2S. The molecule has 1 heterocycles. The molecule has 3 N–H and O–H groups in total. The number of hydrogen-bond acceptors (Lipinski definition) is 5. The minimum atomic E-state index is -3.57. The van der Waals surface area contributed by atoms with Gasteiger partial charge in [0.25, 0.3) is 0 Å². The molecule has 0 aliphatic rings. The average Bonchev–Trinajstić information content (AvgIpc) is 2.25. The Morgan fingerprint density at radius 1 is 1.15 bits per heavy atom. The van der Waals surface area contributed by atoms with Gasteiger partial charge in [-0.25, -0.2) is 18.4 Å². The number of aryl methyl sites for hydroxylation is 2. The third kappa shape index (κ3) is 3.92. The molecule has 1 aromatic carbocycles. The first-order valence-corrected chi connectivity index (χ1v) is 7.66. The molecule has 20 heavy (non-hydrogen) atoms. The van der Waals surface area contributed by atoms with Crippen LogP contribution in [0.5, 0.6) is 0 Å². The number of nitrogen functional groups attached to an aromatic ring is 1. The zero-order chi connectivity index (χ0) is 14.8. The molecule has 2 aromatic rings. The van der Waals surface area contributed by atoms with Gasteiger partial charge in [-0.3, -0.25) is 4.72 Å². The fraction of sp³-hybridized carbons (Fsp3) is 0.231. The van der Waals surface area contributed by atoms with E-state index in [1.807, 2.05) is 0 Å². The molecule has 0 bridgehead atoms. The fourth-order valence-corrected chi connectivity index (χ4v) is 2.91. The van der Waals surface area contributed by atoms with Crippen LogP contribution in [0.4, 0.5) is 11.6 Å². The van der Waals surface area contributed by atoms with Crippen LogP contribution in [0, 0.1) is 13.8 Å². The second kappa shape index (κ2) is 5.46. The Balaban J connectivity index is 2.19. The molecule has 0 unspecified atom stereocenters. The number of nitrogens with zero attached hydrogens (tertiary/aromatic N) is 2. The minimum Gasteiger partial charge on any atom is -0.399 e. The first-order valence-electron chi connectivity index (χ1n) is 6.01. The van der Waals surface area contributed by atoms with Crippen molar-refractivity contribution >= 4 is 21.7 Å². The van der Waals surface area contributed by atoms with E-state index in [-0.39, 0.29) is 11.7 Å². The molecule has 0 amide bonds. The molecule has 6 nitrogen and oxygen atoms in total. The van der Waals surface area contributed by atoms with Crippen molar-refractivity contribution in [2.75, 3.05) is 10.5 Å². The largest absolute Gasteiger partial charge is 0.399 e. The second-order valence-electron chi connectivity index (χ2n) is 4.58. The summed E-state index contributed by atoms with van der Waals surface area (Å²) < 4.78 is 26.5. The third-order valence-corrected chi connectivity index (χ3v) is 3.74. The number of aromatic nitrogens is 2. The smallest absolute Gasteiger partial charge is 0.239 e. The summed E-state index contributed by atoms with van der Waals surface area (Å²) in [7, 11) is -3.57. The lowest BCUT2D eigenvalue weighted by atomic mass is 10.2. The summed E-state index contributed by atoms with van der Waals surface area (Å²) in [6.07, 6.45) is 0. The summed E-state index contributed by atoms with van der Waals surface area (Å²) in [5, 5.41) is 0. The maximum Gasteiger partial charge on any atom is 0.239 e. The van der Waals surface area contributed by atoms with E-state index in [0.717, 1.165) is 0 Å². The molecule has 0 spiro atoms. The molecule has 0 aliphatic carbocycles. The van der Waals surface area contributed by atoms with E-state index in [4.69, 9.17) is 5.73 Å². The summed E-state index contributed by atoms with van der Waals surface area (Å²) in [6.45, 7) is 3.56. The Morgan fingerprint density at radius 3 is 2.40 bits per heavy atom. The average molecular weight is 292 g/mol. The number of anilines is 2. The summed E-state index contributed by atoms with van der Waals surface area (Å²) in [6, 6.07) is 8.53. The quantitative estimate of drug-likeness (QED) is 0.834. The van der Waals surface area contributed by atoms with Gasteiger partial charge in [-0.05, 0) is 37.6 Å². The highest BCUT2D eigenvalue weighted by Crippen LogP contribution is 2.12. The van der Waals surface area contributed by atoms with Crippen molar-refractivity contribution in [1.82, 2.24) is 9.97 Å². The van der Waals surface area contributed by atoms with Crippen molar-refractivity contribution in [2.24, 2.45) is 0 Å². The van der Waals surface area contributed by atoms with Gasteiger partial charge in [0.15, 0.2) is 0 Å². The topological polar surface area (TPSA) is 98.0 Å². The number of hydrogen-bond donors (Lipinski definition) is 2. The van der Waals surface area contributed by atoms with E-state index in [1.165, 1.54) is 0 Å². The van der Waals surface area contributed by atoms with Gasteiger partial charge in [-0.15, -0.1) is 0 Å². The number of benzene rings is 1. The van der Waals surface area contributed by atoms with E-state index in [1.54, 1.807) is 44.2 Å². The molecule has 0 saturated heterocycles. The first kappa shape index (κ1) is 14.3. The number of nitrogens with one attached hydrogen (secondary N) is 1. The highest BCUT2D eigenvalue weighted by Gasteiger charge is 2.14. The molecule has 7 heteroatoms. The van der Waals surface area contributed by atoms with Gasteiger partial charge >= 0.3 is 0 Å². The SMILES string of the molecule is Cc1cc(C)nc(NS(=O)(=O)Cc2cccc(N)c2)n1. The zero-order valence-corrected chi connectivity index (χ0v) is 12.1. The third-order valence-electron chi connectivity index (χ3n) is 2.54. The van der Waals surface area contributed by atoms with Crippen molar-refractivity contribution in [3.63, 3.8) is 0 Å². The van der Waals surface area contributed by atoms with Gasteiger partial charge in [-0.1, -0.05) is 12.1 Å². The Hall–Kier alpha value is -2.15. The first-order chi connectivity index (χ1) is 9.34. The molecule has 0 atom stereocenters. The van der Waals surface area contributed by atoms with Crippen LogP contribution in [0.2, 0.25) is 0 Å². The van der Waals surface area contributed by atoms with Gasteiger partial charge in [0.05, 0.1) is 5.75 Å². The van der Waals surface area contributed by atoms with Crippen LogP contribution < -0.4 is 10.5 Å². The van der Waals surface area contributed by atoms with E-state index < -0.39 is 10.0 Å². The lowest BCUT2D eigenvalue weighted by Crippen LogP contribution is -2.17. The standard InChI is InChI=1S/C13H16N4O2S/c1-9-6-10(2)16-13(15-9)17-20(18,19)8-11-4-3-5-12(14)7-11/h3-7H,8,14H2,1-2H3,(H,15,16,17). The van der Waals surface area contributed by atoms with Crippen molar-refractivity contribution < 1.29 is 8.42 Å². The van der Waals surface area contributed by atoms with E-state index >= 15 is 0 Å². The lowest BCUT2D eigenvalue weighted by Gasteiger charge is -2.08. The number of sulfonamides is 1. The van der Waals surface area contributed by atoms with Crippen LogP contribution in [0.1, 0.15) is 17.0 Å². The van der Waals surface area contributed by atoms with Crippen LogP contribution in [-0.2, 0) is 15.8 Å². The van der Waals surface area contributed by atoms with Crippen LogP contribution in [0.25, 0.3) is 0 Å². The zero-order valence-electron chi connectivity index (χ0n) is 11.3. The molecule has 2 rings (SSSR count). The predicted octanol–water partition coefficient (Wildman–Crippen LogP) is 1.62. The summed E-state index contributed by atoms with van der Waals surface area (Å²) in [4.78, 5) is 8.10. The van der Waals surface area contributed by atoms with Crippen LogP contribution in [-0.4, -0.2) is 18.4 Å². The molecule has 106 valence electrons. The van der Waals surface area contributed by atoms with Gasteiger partial charge < -0.3 is 5.73 Å². The predicted molar refractivity (Wildman–Crippen MR) is 78.6 cm³/mol. The fourth-order valence-electron chi connectivity index (χ4n) is 1.85. The van der Waals surface area contributed by atoms with E-state index in [2.05, 4.69) is 14.7 Å². The maximum absolute atomic E-state index is 12.1. The van der Waals surface area contributed by atoms with Crippen LogP contribution >= 0.6 is 0 Å². The number of nitrogens with two attached hydrogens (primary N) is 1. The molecule has 1 aromatic heterocycles. The van der Waals surface area contributed by atoms with Crippen molar-refractivity contribution in [1.29, 1.82) is 0 Å².